The minimum absolute atomic E-state index is 0.257. The van der Waals surface area contributed by atoms with E-state index in [1.165, 1.54) is 24.0 Å². The maximum Gasteiger partial charge on any atom is 0.0433 e. The van der Waals surface area contributed by atoms with Gasteiger partial charge in [-0.15, -0.1) is 0 Å². The van der Waals surface area contributed by atoms with Gasteiger partial charge in [0.15, 0.2) is 0 Å². The number of benzene rings is 1. The molecule has 0 aliphatic heterocycles. The fourth-order valence-corrected chi connectivity index (χ4v) is 3.22. The maximum atomic E-state index is 4.50. The molecule has 21 heavy (non-hydrogen) atoms. The van der Waals surface area contributed by atoms with Crippen LogP contribution in [0.25, 0.3) is 0 Å². The molecular weight excluding hydrogens is 256 g/mol. The second kappa shape index (κ2) is 5.98. The molecule has 1 heterocycles. The molecule has 0 spiro atoms. The van der Waals surface area contributed by atoms with Gasteiger partial charge in [0.25, 0.3) is 0 Å². The molecule has 0 bridgehead atoms. The number of nitrogens with one attached hydrogen (secondary N) is 1. The first kappa shape index (κ1) is 14.3. The van der Waals surface area contributed by atoms with E-state index in [1.54, 1.807) is 0 Å². The quantitative estimate of drug-likeness (QED) is 0.859. The molecule has 3 rings (SSSR count). The summed E-state index contributed by atoms with van der Waals surface area (Å²) >= 11 is 0. The Morgan fingerprint density at radius 2 is 1.90 bits per heavy atom. The minimum atomic E-state index is 0.257. The molecule has 1 aliphatic carbocycles. The normalized spacial score (nSPS) is 17.4. The van der Waals surface area contributed by atoms with Gasteiger partial charge in [-0.25, -0.2) is 0 Å². The Kier molecular flexibility index (Phi) is 4.07. The van der Waals surface area contributed by atoms with E-state index in [0.29, 0.717) is 6.04 Å². The van der Waals surface area contributed by atoms with Crippen LogP contribution in [0, 0.1) is 6.92 Å². The van der Waals surface area contributed by atoms with Crippen LogP contribution < -0.4 is 5.32 Å². The Morgan fingerprint density at radius 3 is 2.48 bits per heavy atom. The molecular formula is C19H24N2. The molecule has 110 valence electrons. The van der Waals surface area contributed by atoms with Gasteiger partial charge in [-0.3, -0.25) is 4.98 Å². The van der Waals surface area contributed by atoms with E-state index in [4.69, 9.17) is 0 Å². The Morgan fingerprint density at radius 1 is 1.14 bits per heavy atom. The standard InChI is InChI=1S/C19H24N2/c1-3-13-20-18(16-10-9-15(2)21-14-16)19(11-12-19)17-7-5-4-6-8-17/h4-10,14,18,20H,3,11-13H2,1-2H3. The third-order valence-electron chi connectivity index (χ3n) is 4.56. The summed E-state index contributed by atoms with van der Waals surface area (Å²) in [6.45, 7) is 5.31. The van der Waals surface area contributed by atoms with E-state index in [0.717, 1.165) is 18.7 Å². The molecule has 2 aromatic rings. The molecule has 1 aliphatic rings. The van der Waals surface area contributed by atoms with Crippen molar-refractivity contribution >= 4 is 0 Å². The van der Waals surface area contributed by atoms with Gasteiger partial charge in [0.1, 0.15) is 0 Å². The summed E-state index contributed by atoms with van der Waals surface area (Å²) < 4.78 is 0. The minimum Gasteiger partial charge on any atom is -0.309 e. The molecule has 0 saturated heterocycles. The van der Waals surface area contributed by atoms with Gasteiger partial charge in [-0.1, -0.05) is 43.3 Å². The second-order valence-electron chi connectivity index (χ2n) is 6.14. The van der Waals surface area contributed by atoms with Crippen molar-refractivity contribution in [1.82, 2.24) is 10.3 Å². The Balaban J connectivity index is 1.94. The van der Waals surface area contributed by atoms with E-state index < -0.39 is 0 Å². The van der Waals surface area contributed by atoms with Crippen molar-refractivity contribution in [3.8, 4) is 0 Å². The highest BCUT2D eigenvalue weighted by atomic mass is 15.0. The van der Waals surface area contributed by atoms with Crippen LogP contribution in [-0.4, -0.2) is 11.5 Å². The third-order valence-corrected chi connectivity index (χ3v) is 4.56. The average molecular weight is 280 g/mol. The summed E-state index contributed by atoms with van der Waals surface area (Å²) in [7, 11) is 0. The SMILES string of the molecule is CCCNC(c1ccc(C)nc1)C1(c2ccccc2)CC1. The number of hydrogen-bond acceptors (Lipinski definition) is 2. The van der Waals surface area contributed by atoms with Crippen LogP contribution in [0.5, 0.6) is 0 Å². The number of hydrogen-bond donors (Lipinski definition) is 1. The highest BCUT2D eigenvalue weighted by molar-refractivity contribution is 5.38. The number of aromatic nitrogens is 1. The fourth-order valence-electron chi connectivity index (χ4n) is 3.22. The Hall–Kier alpha value is -1.67. The lowest BCUT2D eigenvalue weighted by Crippen LogP contribution is -2.33. The molecule has 1 atom stereocenters. The maximum absolute atomic E-state index is 4.50. The molecule has 1 N–H and O–H groups in total. The molecule has 0 amide bonds. The summed E-state index contributed by atoms with van der Waals surface area (Å²) in [5.74, 6) is 0. The van der Waals surface area contributed by atoms with Crippen LogP contribution in [-0.2, 0) is 5.41 Å². The zero-order valence-corrected chi connectivity index (χ0v) is 13.0. The second-order valence-corrected chi connectivity index (χ2v) is 6.14. The van der Waals surface area contributed by atoms with Gasteiger partial charge in [0.05, 0.1) is 0 Å². The van der Waals surface area contributed by atoms with Crippen molar-refractivity contribution in [3.63, 3.8) is 0 Å². The summed E-state index contributed by atoms with van der Waals surface area (Å²) in [6.07, 6.45) is 5.71. The van der Waals surface area contributed by atoms with E-state index in [1.807, 2.05) is 13.1 Å². The van der Waals surface area contributed by atoms with E-state index >= 15 is 0 Å². The Labute approximate surface area is 127 Å². The number of rotatable bonds is 6. The van der Waals surface area contributed by atoms with Crippen LogP contribution >= 0.6 is 0 Å². The van der Waals surface area contributed by atoms with Crippen LogP contribution in [0.2, 0.25) is 0 Å². The first-order chi connectivity index (χ1) is 10.3. The molecule has 1 fully saturated rings. The third kappa shape index (κ3) is 2.86. The van der Waals surface area contributed by atoms with Crippen molar-refractivity contribution in [2.75, 3.05) is 6.54 Å². The van der Waals surface area contributed by atoms with Crippen molar-refractivity contribution in [2.24, 2.45) is 0 Å². The molecule has 1 unspecified atom stereocenters. The van der Waals surface area contributed by atoms with Crippen molar-refractivity contribution in [1.29, 1.82) is 0 Å². The lowest BCUT2D eigenvalue weighted by molar-refractivity contribution is 0.428. The van der Waals surface area contributed by atoms with Gasteiger partial charge in [-0.05, 0) is 49.9 Å². The molecule has 1 aromatic heterocycles. The molecule has 1 aromatic carbocycles. The first-order valence-corrected chi connectivity index (χ1v) is 7.98. The number of pyridine rings is 1. The van der Waals surface area contributed by atoms with Crippen LogP contribution in [0.1, 0.15) is 49.0 Å². The van der Waals surface area contributed by atoms with Gasteiger partial charge in [-0.2, -0.15) is 0 Å². The van der Waals surface area contributed by atoms with Crippen LogP contribution in [0.15, 0.2) is 48.7 Å². The van der Waals surface area contributed by atoms with Gasteiger partial charge in [0.2, 0.25) is 0 Å². The predicted molar refractivity (Wildman–Crippen MR) is 87.4 cm³/mol. The largest absolute Gasteiger partial charge is 0.309 e. The smallest absolute Gasteiger partial charge is 0.0433 e. The highest BCUT2D eigenvalue weighted by Gasteiger charge is 2.50. The van der Waals surface area contributed by atoms with E-state index in [9.17, 15) is 0 Å². The van der Waals surface area contributed by atoms with E-state index in [2.05, 4.69) is 59.7 Å². The van der Waals surface area contributed by atoms with E-state index in [-0.39, 0.29) is 5.41 Å². The zero-order chi connectivity index (χ0) is 14.7. The van der Waals surface area contributed by atoms with Crippen LogP contribution in [0.3, 0.4) is 0 Å². The van der Waals surface area contributed by atoms with Gasteiger partial charge >= 0.3 is 0 Å². The summed E-state index contributed by atoms with van der Waals surface area (Å²) in [5.41, 5.74) is 4.11. The first-order valence-electron chi connectivity index (χ1n) is 7.98. The van der Waals surface area contributed by atoms with Gasteiger partial charge in [0, 0.05) is 23.3 Å². The lowest BCUT2D eigenvalue weighted by atomic mass is 9.84. The van der Waals surface area contributed by atoms with Crippen LogP contribution in [0.4, 0.5) is 0 Å². The zero-order valence-electron chi connectivity index (χ0n) is 13.0. The van der Waals surface area contributed by atoms with Crippen molar-refractivity contribution in [3.05, 3.63) is 65.5 Å². The monoisotopic (exact) mass is 280 g/mol. The summed E-state index contributed by atoms with van der Waals surface area (Å²) in [5, 5.41) is 3.77. The summed E-state index contributed by atoms with van der Waals surface area (Å²) in [4.78, 5) is 4.50. The molecule has 1 saturated carbocycles. The van der Waals surface area contributed by atoms with Crippen molar-refractivity contribution in [2.45, 2.75) is 44.6 Å². The molecule has 2 nitrogen and oxygen atoms in total. The average Bonchev–Trinajstić information content (AvgIpc) is 3.32. The highest BCUT2D eigenvalue weighted by Crippen LogP contribution is 2.56. The number of aryl methyl sites for hydroxylation is 1. The topological polar surface area (TPSA) is 24.9 Å². The molecule has 0 radical (unpaired) electrons. The molecule has 2 heteroatoms. The summed E-state index contributed by atoms with van der Waals surface area (Å²) in [6, 6.07) is 15.7. The van der Waals surface area contributed by atoms with Crippen molar-refractivity contribution < 1.29 is 0 Å². The fraction of sp³-hybridized carbons (Fsp3) is 0.421. The Bertz CT molecular complexity index is 570. The number of nitrogens with zero attached hydrogens (tertiary/aromatic N) is 1. The lowest BCUT2D eigenvalue weighted by Gasteiger charge is -2.29. The predicted octanol–water partition coefficient (Wildman–Crippen LogP) is 4.16. The van der Waals surface area contributed by atoms with Gasteiger partial charge < -0.3 is 5.32 Å².